The molecule has 1 aromatic carbocycles. The molecule has 0 aliphatic rings. The molecule has 0 spiro atoms. The Morgan fingerprint density at radius 1 is 1.50 bits per heavy atom. The second kappa shape index (κ2) is 7.12. The Kier molecular flexibility index (Phi) is 5.20. The Labute approximate surface area is 122 Å². The quantitative estimate of drug-likeness (QED) is 0.790. The number of aryl methyl sites for hydroxylation is 1. The number of aliphatic hydroxyl groups excluding tert-OH is 1. The van der Waals surface area contributed by atoms with E-state index in [0.717, 1.165) is 16.5 Å². The maximum absolute atomic E-state index is 11.8. The number of benzene rings is 1. The number of amides is 1. The summed E-state index contributed by atoms with van der Waals surface area (Å²) < 4.78 is 1.96. The van der Waals surface area contributed by atoms with Crippen LogP contribution in [0.1, 0.15) is 15.9 Å². The third-order valence-electron chi connectivity index (χ3n) is 2.73. The zero-order valence-corrected chi connectivity index (χ0v) is 12.1. The fourth-order valence-corrected chi connectivity index (χ4v) is 2.59. The van der Waals surface area contributed by atoms with Crippen LogP contribution in [0.4, 0.5) is 0 Å². The van der Waals surface area contributed by atoms with Gasteiger partial charge in [-0.25, -0.2) is 4.98 Å². The van der Waals surface area contributed by atoms with Crippen LogP contribution in [0.15, 0.2) is 41.8 Å². The van der Waals surface area contributed by atoms with Gasteiger partial charge in [0.1, 0.15) is 0 Å². The molecule has 6 heteroatoms. The Bertz CT molecular complexity index is 583. The van der Waals surface area contributed by atoms with E-state index in [9.17, 15) is 4.79 Å². The number of rotatable bonds is 6. The number of hydrogen-bond acceptors (Lipinski definition) is 4. The first-order valence-electron chi connectivity index (χ1n) is 6.29. The van der Waals surface area contributed by atoms with Gasteiger partial charge in [-0.3, -0.25) is 4.79 Å². The summed E-state index contributed by atoms with van der Waals surface area (Å²) in [5.74, 6) is 0.592. The lowest BCUT2D eigenvalue weighted by Crippen LogP contribution is -2.26. The highest BCUT2D eigenvalue weighted by Crippen LogP contribution is 2.20. The van der Waals surface area contributed by atoms with Gasteiger partial charge in [0.05, 0.1) is 6.61 Å². The van der Waals surface area contributed by atoms with Gasteiger partial charge >= 0.3 is 0 Å². The first-order valence-corrected chi connectivity index (χ1v) is 7.27. The van der Waals surface area contributed by atoms with E-state index in [2.05, 4.69) is 10.3 Å². The molecule has 1 amide bonds. The van der Waals surface area contributed by atoms with Gasteiger partial charge in [0.2, 0.25) is 0 Å². The minimum absolute atomic E-state index is 0.0551. The van der Waals surface area contributed by atoms with Crippen molar-refractivity contribution in [3.63, 3.8) is 0 Å². The third kappa shape index (κ3) is 3.85. The van der Waals surface area contributed by atoms with E-state index < -0.39 is 0 Å². The summed E-state index contributed by atoms with van der Waals surface area (Å²) in [6, 6.07) is 7.48. The molecule has 0 atom stereocenters. The average molecular weight is 291 g/mol. The van der Waals surface area contributed by atoms with Crippen molar-refractivity contribution in [2.75, 3.05) is 13.2 Å². The number of carbonyl (C=O) groups is 1. The summed E-state index contributed by atoms with van der Waals surface area (Å²) in [6.07, 6.45) is 3.67. The molecule has 1 aromatic heterocycles. The highest BCUT2D eigenvalue weighted by molar-refractivity contribution is 7.98. The van der Waals surface area contributed by atoms with Crippen molar-refractivity contribution in [2.45, 2.75) is 10.9 Å². The van der Waals surface area contributed by atoms with Gasteiger partial charge < -0.3 is 15.0 Å². The number of nitrogens with one attached hydrogen (secondary N) is 1. The lowest BCUT2D eigenvalue weighted by Gasteiger charge is -2.06. The summed E-state index contributed by atoms with van der Waals surface area (Å²) in [5, 5.41) is 12.3. The number of aliphatic hydroxyl groups is 1. The smallest absolute Gasteiger partial charge is 0.251 e. The summed E-state index contributed by atoms with van der Waals surface area (Å²) in [6.45, 7) is 0.214. The molecule has 0 saturated heterocycles. The molecule has 0 saturated carbocycles. The van der Waals surface area contributed by atoms with Crippen LogP contribution in [0, 0.1) is 0 Å². The van der Waals surface area contributed by atoms with Gasteiger partial charge in [0.15, 0.2) is 5.16 Å². The summed E-state index contributed by atoms with van der Waals surface area (Å²) in [7, 11) is 1.95. The van der Waals surface area contributed by atoms with E-state index in [4.69, 9.17) is 5.11 Å². The van der Waals surface area contributed by atoms with Gasteiger partial charge in [-0.15, -0.1) is 0 Å². The van der Waals surface area contributed by atoms with E-state index in [1.54, 1.807) is 24.0 Å². The zero-order chi connectivity index (χ0) is 14.4. The number of aromatic nitrogens is 2. The van der Waals surface area contributed by atoms with E-state index in [1.165, 1.54) is 0 Å². The Hall–Kier alpha value is -1.79. The molecule has 2 rings (SSSR count). The molecule has 0 bridgehead atoms. The van der Waals surface area contributed by atoms with E-state index in [0.29, 0.717) is 5.56 Å². The Morgan fingerprint density at radius 2 is 2.35 bits per heavy atom. The fourth-order valence-electron chi connectivity index (χ4n) is 1.71. The predicted molar refractivity (Wildman–Crippen MR) is 78.6 cm³/mol. The number of imidazole rings is 1. The molecule has 0 unspecified atom stereocenters. The number of carbonyl (C=O) groups excluding carboxylic acids is 1. The Morgan fingerprint density at radius 3 is 3.05 bits per heavy atom. The molecule has 0 radical (unpaired) electrons. The maximum atomic E-state index is 11.8. The van der Waals surface area contributed by atoms with Crippen molar-refractivity contribution in [2.24, 2.45) is 7.05 Å². The minimum Gasteiger partial charge on any atom is -0.395 e. The first-order chi connectivity index (χ1) is 9.70. The monoisotopic (exact) mass is 291 g/mol. The van der Waals surface area contributed by atoms with Gasteiger partial charge in [-0.05, 0) is 17.7 Å². The van der Waals surface area contributed by atoms with Crippen LogP contribution in [0.2, 0.25) is 0 Å². The zero-order valence-electron chi connectivity index (χ0n) is 11.2. The van der Waals surface area contributed by atoms with Gasteiger partial charge in [-0.1, -0.05) is 23.9 Å². The van der Waals surface area contributed by atoms with Crippen LogP contribution in [0.3, 0.4) is 0 Å². The molecule has 5 nitrogen and oxygen atoms in total. The first kappa shape index (κ1) is 14.6. The van der Waals surface area contributed by atoms with E-state index >= 15 is 0 Å². The van der Waals surface area contributed by atoms with E-state index in [1.807, 2.05) is 36.0 Å². The topological polar surface area (TPSA) is 67.2 Å². The SMILES string of the molecule is Cn1ccnc1SCc1cccc(C(=O)NCCO)c1. The van der Waals surface area contributed by atoms with Crippen molar-refractivity contribution in [3.05, 3.63) is 47.8 Å². The van der Waals surface area contributed by atoms with Crippen molar-refractivity contribution in [1.82, 2.24) is 14.9 Å². The third-order valence-corrected chi connectivity index (χ3v) is 3.86. The standard InChI is InChI=1S/C14H17N3O2S/c1-17-7-5-16-14(17)20-10-11-3-2-4-12(9-11)13(19)15-6-8-18/h2-5,7,9,18H,6,8,10H2,1H3,(H,15,19). The number of thioether (sulfide) groups is 1. The molecule has 106 valence electrons. The van der Waals surface area contributed by atoms with Crippen LogP contribution >= 0.6 is 11.8 Å². The summed E-state index contributed by atoms with van der Waals surface area (Å²) >= 11 is 1.63. The maximum Gasteiger partial charge on any atom is 0.251 e. The summed E-state index contributed by atoms with van der Waals surface area (Å²) in [5.41, 5.74) is 1.67. The van der Waals surface area contributed by atoms with Crippen LogP contribution < -0.4 is 5.32 Å². The fraction of sp³-hybridized carbons (Fsp3) is 0.286. The number of nitrogens with zero attached hydrogens (tertiary/aromatic N) is 2. The van der Waals surface area contributed by atoms with Crippen molar-refractivity contribution in [1.29, 1.82) is 0 Å². The molecule has 0 aliphatic carbocycles. The lowest BCUT2D eigenvalue weighted by atomic mass is 10.1. The number of hydrogen-bond donors (Lipinski definition) is 2. The van der Waals surface area contributed by atoms with Crippen LogP contribution in [0.25, 0.3) is 0 Å². The summed E-state index contributed by atoms with van der Waals surface area (Å²) in [4.78, 5) is 16.0. The largest absolute Gasteiger partial charge is 0.395 e. The average Bonchev–Trinajstić information content (AvgIpc) is 2.88. The van der Waals surface area contributed by atoms with Gasteiger partial charge in [-0.2, -0.15) is 0 Å². The van der Waals surface area contributed by atoms with Crippen molar-refractivity contribution < 1.29 is 9.90 Å². The molecular weight excluding hydrogens is 274 g/mol. The highest BCUT2D eigenvalue weighted by Gasteiger charge is 2.06. The molecule has 2 N–H and O–H groups in total. The Balaban J connectivity index is 1.99. The normalized spacial score (nSPS) is 10.5. The van der Waals surface area contributed by atoms with E-state index in [-0.39, 0.29) is 19.1 Å². The molecule has 2 aromatic rings. The molecular formula is C14H17N3O2S. The van der Waals surface area contributed by atoms with Crippen LogP contribution in [-0.4, -0.2) is 33.7 Å². The van der Waals surface area contributed by atoms with Crippen LogP contribution in [0.5, 0.6) is 0 Å². The van der Waals surface area contributed by atoms with Gasteiger partial charge in [0, 0.05) is 37.3 Å². The molecule has 20 heavy (non-hydrogen) atoms. The highest BCUT2D eigenvalue weighted by atomic mass is 32.2. The van der Waals surface area contributed by atoms with Crippen molar-refractivity contribution >= 4 is 17.7 Å². The molecule has 1 heterocycles. The minimum atomic E-state index is -0.164. The lowest BCUT2D eigenvalue weighted by molar-refractivity contribution is 0.0944. The molecule has 0 fully saturated rings. The predicted octanol–water partition coefficient (Wildman–Crippen LogP) is 1.43. The molecule has 0 aliphatic heterocycles. The van der Waals surface area contributed by atoms with Crippen molar-refractivity contribution in [3.8, 4) is 0 Å². The second-order valence-electron chi connectivity index (χ2n) is 4.29. The van der Waals surface area contributed by atoms with Crippen LogP contribution in [-0.2, 0) is 12.8 Å². The second-order valence-corrected chi connectivity index (χ2v) is 5.23. The van der Waals surface area contributed by atoms with Gasteiger partial charge in [0.25, 0.3) is 5.91 Å².